The van der Waals surface area contributed by atoms with Crippen molar-refractivity contribution in [3.63, 3.8) is 0 Å². The molecule has 5 nitrogen and oxygen atoms in total. The van der Waals surface area contributed by atoms with Gasteiger partial charge < -0.3 is 9.80 Å². The summed E-state index contributed by atoms with van der Waals surface area (Å²) in [7, 11) is 0. The molecule has 1 aliphatic carbocycles. The van der Waals surface area contributed by atoms with E-state index in [0.29, 0.717) is 17.6 Å². The number of anilines is 1. The Kier molecular flexibility index (Phi) is 5.15. The van der Waals surface area contributed by atoms with Gasteiger partial charge in [-0.15, -0.1) is 0 Å². The van der Waals surface area contributed by atoms with Crippen molar-refractivity contribution < 1.29 is 8.78 Å². The van der Waals surface area contributed by atoms with Gasteiger partial charge >= 0.3 is 0 Å². The highest BCUT2D eigenvalue weighted by molar-refractivity contribution is 5.94. The van der Waals surface area contributed by atoms with Gasteiger partial charge in [-0.25, -0.2) is 13.8 Å². The number of hydrogen-bond donors (Lipinski definition) is 0. The monoisotopic (exact) mass is 415 g/mol. The van der Waals surface area contributed by atoms with Gasteiger partial charge in [0.05, 0.1) is 11.7 Å². The molecule has 162 valence electrons. The Morgan fingerprint density at radius 2 is 1.90 bits per heavy atom. The molecule has 30 heavy (non-hydrogen) atoms. The minimum Gasteiger partial charge on any atom is -0.354 e. The fourth-order valence-corrected chi connectivity index (χ4v) is 5.55. The molecule has 0 bridgehead atoms. The molecule has 2 fully saturated rings. The number of alkyl halides is 2. The number of aromatic nitrogens is 2. The number of hydrogen-bond acceptors (Lipinski definition) is 4. The minimum absolute atomic E-state index is 0.104. The molecule has 4 unspecified atom stereocenters. The van der Waals surface area contributed by atoms with E-state index in [2.05, 4.69) is 42.1 Å². The highest BCUT2D eigenvalue weighted by atomic mass is 19.3. The third-order valence-electron chi connectivity index (χ3n) is 7.08. The minimum atomic E-state index is -2.60. The van der Waals surface area contributed by atoms with Crippen LogP contribution in [0.5, 0.6) is 0 Å². The lowest BCUT2D eigenvalue weighted by Gasteiger charge is -2.32. The van der Waals surface area contributed by atoms with Crippen molar-refractivity contribution in [3.05, 3.63) is 36.3 Å². The van der Waals surface area contributed by atoms with E-state index in [-0.39, 0.29) is 23.8 Å². The van der Waals surface area contributed by atoms with Crippen LogP contribution in [0.15, 0.2) is 35.6 Å². The van der Waals surface area contributed by atoms with E-state index in [1.165, 1.54) is 6.42 Å². The summed E-state index contributed by atoms with van der Waals surface area (Å²) < 4.78 is 29.6. The van der Waals surface area contributed by atoms with Crippen LogP contribution in [-0.2, 0) is 0 Å². The molecule has 7 heteroatoms. The molecule has 4 aliphatic rings. The number of dihydropyridines is 1. The largest absolute Gasteiger partial charge is 0.354 e. The molecule has 0 N–H and O–H groups in total. The van der Waals surface area contributed by atoms with E-state index >= 15 is 0 Å². The van der Waals surface area contributed by atoms with Crippen LogP contribution in [0.2, 0.25) is 0 Å². The summed E-state index contributed by atoms with van der Waals surface area (Å²) in [5.41, 5.74) is 0.376. The molecule has 1 aromatic rings. The maximum Gasteiger partial charge on any atom is 0.284 e. The van der Waals surface area contributed by atoms with Crippen LogP contribution in [0.25, 0.3) is 0 Å². The van der Waals surface area contributed by atoms with Crippen molar-refractivity contribution in [2.45, 2.75) is 77.0 Å². The van der Waals surface area contributed by atoms with Crippen LogP contribution >= 0.6 is 0 Å². The lowest BCUT2D eigenvalue weighted by molar-refractivity contribution is 0.144. The van der Waals surface area contributed by atoms with E-state index in [0.717, 1.165) is 44.5 Å². The highest BCUT2D eigenvalue weighted by Gasteiger charge is 2.37. The Hall–Kier alpha value is -2.18. The molecule has 1 aromatic heterocycles. The second kappa shape index (κ2) is 7.82. The number of amidine groups is 1. The Morgan fingerprint density at radius 3 is 2.60 bits per heavy atom. The van der Waals surface area contributed by atoms with Gasteiger partial charge in [0.2, 0.25) is 0 Å². The molecule has 4 atom stereocenters. The van der Waals surface area contributed by atoms with Crippen molar-refractivity contribution >= 4 is 11.5 Å². The van der Waals surface area contributed by atoms with Crippen LogP contribution in [0.4, 0.5) is 14.5 Å². The summed E-state index contributed by atoms with van der Waals surface area (Å²) in [5.74, 6) is 1.72. The summed E-state index contributed by atoms with van der Waals surface area (Å²) in [4.78, 5) is 9.29. The van der Waals surface area contributed by atoms with Gasteiger partial charge in [-0.3, -0.25) is 4.68 Å². The zero-order valence-electron chi connectivity index (χ0n) is 17.8. The number of fused-ring (bicyclic) bond motifs is 1. The maximum absolute atomic E-state index is 13.9. The number of halogens is 2. The average Bonchev–Trinajstić information content (AvgIpc) is 3.44. The first kappa shape index (κ1) is 19.8. The Balaban J connectivity index is 1.45. The molecule has 1 saturated carbocycles. The molecule has 5 rings (SSSR count). The lowest BCUT2D eigenvalue weighted by atomic mass is 9.96. The topological polar surface area (TPSA) is 36.7 Å². The smallest absolute Gasteiger partial charge is 0.284 e. The second-order valence-corrected chi connectivity index (χ2v) is 9.40. The number of rotatable bonds is 3. The van der Waals surface area contributed by atoms with Crippen molar-refractivity contribution in [1.82, 2.24) is 14.7 Å². The third-order valence-corrected chi connectivity index (χ3v) is 7.08. The molecule has 4 heterocycles. The maximum atomic E-state index is 13.9. The van der Waals surface area contributed by atoms with E-state index in [9.17, 15) is 8.78 Å². The Morgan fingerprint density at radius 1 is 1.10 bits per heavy atom. The van der Waals surface area contributed by atoms with Crippen molar-refractivity contribution in [1.29, 1.82) is 0 Å². The summed E-state index contributed by atoms with van der Waals surface area (Å²) in [5, 5.41) is 4.35. The van der Waals surface area contributed by atoms with Gasteiger partial charge in [0, 0.05) is 30.9 Å². The van der Waals surface area contributed by atoms with Crippen molar-refractivity contribution in [2.24, 2.45) is 16.8 Å². The lowest BCUT2D eigenvalue weighted by Crippen LogP contribution is -2.39. The van der Waals surface area contributed by atoms with Crippen molar-refractivity contribution in [3.8, 4) is 0 Å². The first-order valence-electron chi connectivity index (χ1n) is 11.4. The number of likely N-dealkylation sites (tertiary alicyclic amines) is 1. The molecule has 0 aromatic carbocycles. The standard InChI is InChI=1S/C23H31F2N5/c1-15-12-16(2)29(13-15)20-9-8-17-10-11-28(23(17)26-20)19-14-30(27-21(19)22(24)25)18-6-4-3-5-7-18/h8-11,14-18,22-23H,3-7,12-13H2,1-2H3. The van der Waals surface area contributed by atoms with Gasteiger partial charge in [-0.05, 0) is 38.2 Å². The molecular weight excluding hydrogens is 384 g/mol. The quantitative estimate of drug-likeness (QED) is 0.672. The summed E-state index contributed by atoms with van der Waals surface area (Å²) in [6.07, 6.45) is 14.0. The average molecular weight is 416 g/mol. The third kappa shape index (κ3) is 3.46. The molecule has 3 aliphatic heterocycles. The normalized spacial score (nSPS) is 31.7. The van der Waals surface area contributed by atoms with Crippen LogP contribution in [-0.4, -0.2) is 39.3 Å². The van der Waals surface area contributed by atoms with Crippen molar-refractivity contribution in [2.75, 3.05) is 11.4 Å². The van der Waals surface area contributed by atoms with Gasteiger partial charge in [-0.2, -0.15) is 5.10 Å². The summed E-state index contributed by atoms with van der Waals surface area (Å²) in [6.45, 7) is 5.50. The van der Waals surface area contributed by atoms with Gasteiger partial charge in [0.1, 0.15) is 12.0 Å². The van der Waals surface area contributed by atoms with E-state index in [1.54, 1.807) is 4.68 Å². The second-order valence-electron chi connectivity index (χ2n) is 9.40. The molecular formula is C23H31F2N5. The zero-order valence-corrected chi connectivity index (χ0v) is 17.8. The summed E-state index contributed by atoms with van der Waals surface area (Å²) >= 11 is 0. The number of aliphatic imine (C=N–C) groups is 1. The van der Waals surface area contributed by atoms with E-state index in [1.807, 2.05) is 17.3 Å². The Labute approximate surface area is 177 Å². The number of nitrogens with zero attached hydrogens (tertiary/aromatic N) is 5. The van der Waals surface area contributed by atoms with Crippen LogP contribution < -0.4 is 4.90 Å². The van der Waals surface area contributed by atoms with Gasteiger partial charge in [0.25, 0.3) is 6.43 Å². The Bertz CT molecular complexity index is 867. The molecule has 0 spiro atoms. The van der Waals surface area contributed by atoms with E-state index in [4.69, 9.17) is 4.99 Å². The van der Waals surface area contributed by atoms with Crippen LogP contribution in [0, 0.1) is 11.8 Å². The molecule has 0 amide bonds. The van der Waals surface area contributed by atoms with Crippen LogP contribution in [0.3, 0.4) is 0 Å². The fraction of sp³-hybridized carbons (Fsp3) is 0.652. The predicted molar refractivity (Wildman–Crippen MR) is 115 cm³/mol. The first-order valence-corrected chi connectivity index (χ1v) is 11.4. The molecule has 1 saturated heterocycles. The zero-order chi connectivity index (χ0) is 20.8. The summed E-state index contributed by atoms with van der Waals surface area (Å²) in [6, 6.07) is 0.679. The first-order chi connectivity index (χ1) is 14.5. The van der Waals surface area contributed by atoms with Crippen LogP contribution in [0.1, 0.15) is 70.5 Å². The fourth-order valence-electron chi connectivity index (χ4n) is 5.55. The highest BCUT2D eigenvalue weighted by Crippen LogP contribution is 2.39. The van der Waals surface area contributed by atoms with Gasteiger partial charge in [0.15, 0.2) is 5.69 Å². The SMILES string of the molecule is CC1CC(C)N(C2=NC3C(C=C2)C=CN3c2cn(C3CCCCC3)nc2C(F)F)C1. The van der Waals surface area contributed by atoms with Gasteiger partial charge in [-0.1, -0.05) is 38.3 Å². The predicted octanol–water partition coefficient (Wildman–Crippen LogP) is 5.30. The van der Waals surface area contributed by atoms with E-state index < -0.39 is 6.43 Å². The molecule has 0 radical (unpaired) electrons.